The third-order valence-corrected chi connectivity index (χ3v) is 2.57. The monoisotopic (exact) mass is 209 g/mol. The van der Waals surface area contributed by atoms with E-state index in [1.54, 1.807) is 6.20 Å². The largest absolute Gasteiger partial charge is 0.343 e. The fraction of sp³-hybridized carbons (Fsp3) is 0.500. The summed E-state index contributed by atoms with van der Waals surface area (Å²) in [6.07, 6.45) is 2.45. The van der Waals surface area contributed by atoms with Crippen LogP contribution in [0.2, 0.25) is 0 Å². The minimum Gasteiger partial charge on any atom is -0.343 e. The van der Waals surface area contributed by atoms with E-state index in [0.717, 1.165) is 12.0 Å². The van der Waals surface area contributed by atoms with E-state index in [1.165, 1.54) is 0 Å². The van der Waals surface area contributed by atoms with Gasteiger partial charge in [0.05, 0.1) is 13.2 Å². The Kier molecular flexibility index (Phi) is 2.86. The van der Waals surface area contributed by atoms with Gasteiger partial charge in [0.25, 0.3) is 0 Å². The zero-order valence-corrected chi connectivity index (χ0v) is 8.69. The van der Waals surface area contributed by atoms with Gasteiger partial charge >= 0.3 is 0 Å². The van der Waals surface area contributed by atoms with Gasteiger partial charge in [-0.2, -0.15) is 0 Å². The number of rotatable bonds is 3. The molecule has 2 heterocycles. The maximum absolute atomic E-state index is 5.66. The molecule has 15 heavy (non-hydrogen) atoms. The molecule has 1 aromatic rings. The lowest BCUT2D eigenvalue weighted by Crippen LogP contribution is -2.26. The van der Waals surface area contributed by atoms with E-state index in [-0.39, 0.29) is 0 Å². The average molecular weight is 209 g/mol. The molecule has 0 saturated carbocycles. The van der Waals surface area contributed by atoms with Crippen LogP contribution in [-0.2, 0) is 15.3 Å². The van der Waals surface area contributed by atoms with Gasteiger partial charge in [0.2, 0.25) is 0 Å². The van der Waals surface area contributed by atoms with Gasteiger partial charge in [-0.05, 0) is 12.1 Å². The topological polar surface area (TPSA) is 69.4 Å². The molecule has 82 valence electrons. The molecule has 1 aromatic heterocycles. The fourth-order valence-corrected chi connectivity index (χ4v) is 1.78. The van der Waals surface area contributed by atoms with Crippen LogP contribution >= 0.6 is 0 Å². The van der Waals surface area contributed by atoms with Crippen molar-refractivity contribution in [3.63, 3.8) is 0 Å². The van der Waals surface area contributed by atoms with Gasteiger partial charge in [0.15, 0.2) is 5.79 Å². The Morgan fingerprint density at radius 2 is 2.27 bits per heavy atom. The van der Waals surface area contributed by atoms with Crippen molar-refractivity contribution in [2.45, 2.75) is 19.1 Å². The number of nitrogens with zero attached hydrogens (tertiary/aromatic N) is 1. The SMILES string of the molecule is CCC1(c2ccnc(NN)c2)OCCO1. The van der Waals surface area contributed by atoms with Crippen LogP contribution in [-0.4, -0.2) is 18.2 Å². The number of hydrogen-bond acceptors (Lipinski definition) is 5. The van der Waals surface area contributed by atoms with Crippen LogP contribution in [0.15, 0.2) is 18.3 Å². The van der Waals surface area contributed by atoms with E-state index in [4.69, 9.17) is 15.3 Å². The van der Waals surface area contributed by atoms with Crippen LogP contribution in [0.25, 0.3) is 0 Å². The van der Waals surface area contributed by atoms with E-state index in [9.17, 15) is 0 Å². The summed E-state index contributed by atoms with van der Waals surface area (Å²) in [4.78, 5) is 4.05. The Morgan fingerprint density at radius 3 is 2.87 bits per heavy atom. The molecule has 1 aliphatic heterocycles. The zero-order valence-electron chi connectivity index (χ0n) is 8.69. The number of ether oxygens (including phenoxy) is 2. The van der Waals surface area contributed by atoms with Gasteiger partial charge in [-0.1, -0.05) is 6.92 Å². The van der Waals surface area contributed by atoms with Crippen molar-refractivity contribution >= 4 is 5.82 Å². The minimum atomic E-state index is -0.617. The number of hydrazine groups is 1. The first kappa shape index (κ1) is 10.4. The van der Waals surface area contributed by atoms with Crippen LogP contribution in [0.3, 0.4) is 0 Å². The van der Waals surface area contributed by atoms with E-state index < -0.39 is 5.79 Å². The highest BCUT2D eigenvalue weighted by molar-refractivity contribution is 5.37. The van der Waals surface area contributed by atoms with Crippen LogP contribution in [0.1, 0.15) is 18.9 Å². The molecule has 5 nitrogen and oxygen atoms in total. The Labute approximate surface area is 88.6 Å². The smallest absolute Gasteiger partial charge is 0.194 e. The van der Waals surface area contributed by atoms with Crippen molar-refractivity contribution in [1.29, 1.82) is 0 Å². The molecule has 0 unspecified atom stereocenters. The predicted molar refractivity (Wildman–Crippen MR) is 55.9 cm³/mol. The standard InChI is InChI=1S/C10H15N3O2/c1-2-10(14-5-6-15-10)8-3-4-12-9(7-8)13-11/h3-4,7H,2,5-6,11H2,1H3,(H,12,13). The van der Waals surface area contributed by atoms with Gasteiger partial charge < -0.3 is 14.9 Å². The van der Waals surface area contributed by atoms with Gasteiger partial charge in [0.1, 0.15) is 5.82 Å². The van der Waals surface area contributed by atoms with Gasteiger partial charge in [-0.3, -0.25) is 0 Å². The normalized spacial score (nSPS) is 19.1. The molecule has 2 rings (SSSR count). The van der Waals surface area contributed by atoms with Crippen molar-refractivity contribution in [1.82, 2.24) is 4.98 Å². The molecule has 3 N–H and O–H groups in total. The molecule has 5 heteroatoms. The summed E-state index contributed by atoms with van der Waals surface area (Å²) in [5.41, 5.74) is 3.46. The molecule has 0 aliphatic carbocycles. The van der Waals surface area contributed by atoms with Crippen molar-refractivity contribution in [2.24, 2.45) is 5.84 Å². The second kappa shape index (κ2) is 4.14. The number of hydrogen-bond donors (Lipinski definition) is 2. The van der Waals surface area contributed by atoms with Crippen molar-refractivity contribution in [3.05, 3.63) is 23.9 Å². The summed E-state index contributed by atoms with van der Waals surface area (Å²) < 4.78 is 11.3. The van der Waals surface area contributed by atoms with Gasteiger partial charge in [-0.15, -0.1) is 0 Å². The van der Waals surface area contributed by atoms with Crippen LogP contribution in [0.4, 0.5) is 5.82 Å². The quantitative estimate of drug-likeness (QED) is 0.573. The fourth-order valence-electron chi connectivity index (χ4n) is 1.78. The minimum absolute atomic E-state index is 0.611. The number of nitrogen functional groups attached to an aromatic ring is 1. The maximum Gasteiger partial charge on any atom is 0.194 e. The van der Waals surface area contributed by atoms with Crippen LogP contribution in [0, 0.1) is 0 Å². The molecule has 1 saturated heterocycles. The Bertz CT molecular complexity index is 337. The van der Waals surface area contributed by atoms with Crippen molar-refractivity contribution in [3.8, 4) is 0 Å². The van der Waals surface area contributed by atoms with Gasteiger partial charge in [-0.25, -0.2) is 10.8 Å². The maximum atomic E-state index is 5.66. The Hall–Kier alpha value is -1.17. The van der Waals surface area contributed by atoms with Crippen LogP contribution in [0.5, 0.6) is 0 Å². The predicted octanol–water partition coefficient (Wildman–Crippen LogP) is 0.977. The highest BCUT2D eigenvalue weighted by Gasteiger charge is 2.36. The van der Waals surface area contributed by atoms with Crippen LogP contribution < -0.4 is 11.3 Å². The molecule has 1 fully saturated rings. The van der Waals surface area contributed by atoms with E-state index >= 15 is 0 Å². The summed E-state index contributed by atoms with van der Waals surface area (Å²) in [6.45, 7) is 3.28. The molecule has 0 radical (unpaired) electrons. The Balaban J connectivity index is 2.33. The molecular formula is C10H15N3O2. The third-order valence-electron chi connectivity index (χ3n) is 2.57. The first-order valence-corrected chi connectivity index (χ1v) is 5.02. The van der Waals surface area contributed by atoms with Gasteiger partial charge in [0, 0.05) is 18.2 Å². The summed E-state index contributed by atoms with van der Waals surface area (Å²) in [6, 6.07) is 3.73. The molecule has 0 aromatic carbocycles. The molecule has 1 aliphatic rings. The number of nitrogens with two attached hydrogens (primary N) is 1. The third kappa shape index (κ3) is 1.81. The first-order chi connectivity index (χ1) is 7.30. The molecule has 0 amide bonds. The second-order valence-corrected chi connectivity index (χ2v) is 3.38. The molecule has 0 spiro atoms. The number of anilines is 1. The number of aromatic nitrogens is 1. The lowest BCUT2D eigenvalue weighted by atomic mass is 10.0. The summed E-state index contributed by atoms with van der Waals surface area (Å²) >= 11 is 0. The molecular weight excluding hydrogens is 194 g/mol. The first-order valence-electron chi connectivity index (χ1n) is 5.02. The van der Waals surface area contributed by atoms with E-state index in [1.807, 2.05) is 19.1 Å². The second-order valence-electron chi connectivity index (χ2n) is 3.38. The van der Waals surface area contributed by atoms with E-state index in [0.29, 0.717) is 19.0 Å². The number of nitrogens with one attached hydrogen (secondary N) is 1. The lowest BCUT2D eigenvalue weighted by Gasteiger charge is -2.26. The highest BCUT2D eigenvalue weighted by Crippen LogP contribution is 2.34. The summed E-state index contributed by atoms with van der Waals surface area (Å²) in [5, 5.41) is 0. The summed E-state index contributed by atoms with van der Waals surface area (Å²) in [7, 11) is 0. The average Bonchev–Trinajstić information content (AvgIpc) is 2.79. The zero-order chi connectivity index (χ0) is 10.7. The Morgan fingerprint density at radius 1 is 1.53 bits per heavy atom. The van der Waals surface area contributed by atoms with Crippen molar-refractivity contribution in [2.75, 3.05) is 18.6 Å². The molecule has 0 bridgehead atoms. The number of pyridine rings is 1. The molecule has 0 atom stereocenters. The van der Waals surface area contributed by atoms with E-state index in [2.05, 4.69) is 10.4 Å². The van der Waals surface area contributed by atoms with Crippen molar-refractivity contribution < 1.29 is 9.47 Å². The summed E-state index contributed by atoms with van der Waals surface area (Å²) in [5.74, 6) is 5.30. The lowest BCUT2D eigenvalue weighted by molar-refractivity contribution is -0.167. The highest BCUT2D eigenvalue weighted by atomic mass is 16.7.